The minimum Gasteiger partial charge on any atom is -0.490 e. The van der Waals surface area contributed by atoms with Crippen LogP contribution in [0.5, 0.6) is 5.75 Å². The van der Waals surface area contributed by atoms with Crippen LogP contribution in [0.15, 0.2) is 48.6 Å². The summed E-state index contributed by atoms with van der Waals surface area (Å²) in [6, 6.07) is 11.8. The van der Waals surface area contributed by atoms with Crippen molar-refractivity contribution in [3.8, 4) is 5.75 Å². The molecule has 2 aromatic carbocycles. The predicted octanol–water partition coefficient (Wildman–Crippen LogP) is 6.19. The Bertz CT molecular complexity index is 1680. The smallest absolute Gasteiger partial charge is 0.262 e. The Balaban J connectivity index is 1.41. The first-order valence-electron chi connectivity index (χ1n) is 17.4. The van der Waals surface area contributed by atoms with Crippen molar-refractivity contribution in [2.75, 3.05) is 38.7 Å². The molecule has 2 bridgehead atoms. The molecule has 2 aliphatic carbocycles. The average Bonchev–Trinajstić information content (AvgIpc) is 3.18. The van der Waals surface area contributed by atoms with Crippen LogP contribution in [0, 0.1) is 11.8 Å². The summed E-state index contributed by atoms with van der Waals surface area (Å²) >= 11 is 6.46. The van der Waals surface area contributed by atoms with E-state index in [0.717, 1.165) is 61.7 Å². The van der Waals surface area contributed by atoms with E-state index in [-0.39, 0.29) is 34.5 Å². The van der Waals surface area contributed by atoms with Crippen molar-refractivity contribution >= 4 is 44.7 Å². The van der Waals surface area contributed by atoms with Crippen molar-refractivity contribution in [2.24, 2.45) is 11.8 Å². The van der Waals surface area contributed by atoms with E-state index < -0.39 is 15.8 Å². The van der Waals surface area contributed by atoms with Crippen LogP contribution in [-0.2, 0) is 31.1 Å². The van der Waals surface area contributed by atoms with Gasteiger partial charge in [0.15, 0.2) is 0 Å². The number of halogens is 1. The van der Waals surface area contributed by atoms with Crippen LogP contribution in [0.4, 0.5) is 5.69 Å². The molecular weight excluding hydrogens is 646 g/mol. The molecule has 8 nitrogen and oxygen atoms in total. The summed E-state index contributed by atoms with van der Waals surface area (Å²) in [5, 5.41) is 0.458. The van der Waals surface area contributed by atoms with Gasteiger partial charge in [-0.15, -0.1) is 0 Å². The van der Waals surface area contributed by atoms with Crippen molar-refractivity contribution in [2.45, 2.75) is 88.1 Å². The third kappa shape index (κ3) is 7.01. The zero-order valence-corrected chi connectivity index (χ0v) is 30.3. The molecule has 6 rings (SSSR count). The molecule has 0 saturated heterocycles. The number of carbonyl (C=O) groups is 2. The molecule has 0 radical (unpaired) electrons. The van der Waals surface area contributed by atoms with Gasteiger partial charge in [-0.05, 0) is 117 Å². The first kappa shape index (κ1) is 34.8. The van der Waals surface area contributed by atoms with Crippen LogP contribution >= 0.6 is 11.6 Å². The van der Waals surface area contributed by atoms with Crippen LogP contribution < -0.4 is 14.4 Å². The number of allylic oxidation sites excluding steroid dienone is 1. The largest absolute Gasteiger partial charge is 0.490 e. The Kier molecular flexibility index (Phi) is 10.2. The van der Waals surface area contributed by atoms with Gasteiger partial charge in [0.25, 0.3) is 11.8 Å². The third-order valence-electron chi connectivity index (χ3n) is 11.0. The number of nitrogens with one attached hydrogen (secondary N) is 1. The highest BCUT2D eigenvalue weighted by molar-refractivity contribution is 7.99. The minimum atomic E-state index is -2.93. The van der Waals surface area contributed by atoms with Crippen molar-refractivity contribution in [1.29, 1.82) is 0 Å². The summed E-state index contributed by atoms with van der Waals surface area (Å²) < 4.78 is 29.9. The molecule has 2 aromatic rings. The number of ether oxygens (including phenoxy) is 2. The maximum absolute atomic E-state index is 13.9. The summed E-state index contributed by atoms with van der Waals surface area (Å²) in [6.07, 6.45) is 10.3. The Morgan fingerprint density at radius 3 is 2.77 bits per heavy atom. The second-order valence-corrected chi connectivity index (χ2v) is 17.2. The maximum Gasteiger partial charge on any atom is 0.262 e. The summed E-state index contributed by atoms with van der Waals surface area (Å²) in [4.78, 5) is 30.5. The SMILES string of the molecule is C=S1(=O)NC(=O)c2ccc3c(c2)N(C[C@@H]2CC[C@H]2[C@@H](O[C@@H](C)C(=O)N(C)C)/C=C/CC[C@H]1CC)C[C@@]1(CCCc2cc(Cl)ccc21)CO3. The van der Waals surface area contributed by atoms with E-state index in [1.165, 1.54) is 11.1 Å². The van der Waals surface area contributed by atoms with Crippen LogP contribution in [-0.4, -0.2) is 78.0 Å². The van der Waals surface area contributed by atoms with E-state index in [4.69, 9.17) is 21.1 Å². The highest BCUT2D eigenvalue weighted by atomic mass is 35.5. The number of benzene rings is 2. The van der Waals surface area contributed by atoms with E-state index >= 15 is 0 Å². The monoisotopic (exact) mass is 695 g/mol. The molecule has 1 spiro atoms. The van der Waals surface area contributed by atoms with Gasteiger partial charge in [0.2, 0.25) is 0 Å². The second kappa shape index (κ2) is 14.1. The second-order valence-electron chi connectivity index (χ2n) is 14.5. The van der Waals surface area contributed by atoms with Gasteiger partial charge >= 0.3 is 0 Å². The first-order chi connectivity index (χ1) is 22.9. The number of carbonyl (C=O) groups excluding carboxylic acids is 2. The molecule has 48 heavy (non-hydrogen) atoms. The first-order valence-corrected chi connectivity index (χ1v) is 19.6. The van der Waals surface area contributed by atoms with Gasteiger partial charge in [-0.1, -0.05) is 36.7 Å². The zero-order chi connectivity index (χ0) is 34.2. The standard InChI is InChI=1S/C38H50ClN3O5S/c1-6-30-11-7-8-12-34(47-25(2)37(44)41(3)4)31-16-13-28(31)22-42-23-38(19-9-10-26-20-29(39)15-17-32(26)38)24-46-35-18-14-27(21-33(35)42)36(43)40-48(30,5)45/h8,12,14-15,17-18,20-21,25,28,30-31,34H,5-7,9-11,13,16,19,22-24H2,1-4H3,(H,40,43,45)/b12-8+/t25-,28-,30+,31+,34-,38-,48?/m0/s1. The lowest BCUT2D eigenvalue weighted by Gasteiger charge is -2.46. The van der Waals surface area contributed by atoms with E-state index in [0.29, 0.717) is 37.4 Å². The molecule has 260 valence electrons. The van der Waals surface area contributed by atoms with Gasteiger partial charge in [0.1, 0.15) is 11.9 Å². The fourth-order valence-corrected chi connectivity index (χ4v) is 10.1. The molecule has 2 aliphatic heterocycles. The lowest BCUT2D eigenvalue weighted by molar-refractivity contribution is -0.146. The molecule has 1 saturated carbocycles. The Morgan fingerprint density at radius 2 is 2.04 bits per heavy atom. The molecular formula is C38H50ClN3O5S. The number of rotatable bonds is 4. The summed E-state index contributed by atoms with van der Waals surface area (Å²) in [6.45, 7) is 5.81. The van der Waals surface area contributed by atoms with Crippen molar-refractivity contribution in [3.05, 3.63) is 70.3 Å². The Labute approximate surface area is 291 Å². The maximum atomic E-state index is 13.9. The topological polar surface area (TPSA) is 88.2 Å². The number of anilines is 1. The Morgan fingerprint density at radius 1 is 1.23 bits per heavy atom. The van der Waals surface area contributed by atoms with E-state index in [1.807, 2.05) is 32.0 Å². The molecule has 1 unspecified atom stereocenters. The summed E-state index contributed by atoms with van der Waals surface area (Å²) in [5.74, 6) is 4.84. The number of amides is 2. The number of hydrogen-bond donors (Lipinski definition) is 1. The van der Waals surface area contributed by atoms with E-state index in [1.54, 1.807) is 25.1 Å². The summed E-state index contributed by atoms with van der Waals surface area (Å²) in [7, 11) is 0.575. The molecule has 2 amide bonds. The van der Waals surface area contributed by atoms with Crippen molar-refractivity contribution in [3.63, 3.8) is 0 Å². The van der Waals surface area contributed by atoms with Crippen molar-refractivity contribution in [1.82, 2.24) is 9.62 Å². The van der Waals surface area contributed by atoms with Crippen LogP contribution in [0.3, 0.4) is 0 Å². The molecule has 0 aromatic heterocycles. The normalized spacial score (nSPS) is 31.6. The number of fused-ring (bicyclic) bond motifs is 4. The lowest BCUT2D eigenvalue weighted by atomic mass is 9.68. The van der Waals surface area contributed by atoms with Gasteiger partial charge in [-0.25, -0.2) is 4.21 Å². The molecule has 2 heterocycles. The molecule has 1 N–H and O–H groups in total. The fraction of sp³-hybridized carbons (Fsp3) is 0.553. The van der Waals surface area contributed by atoms with Gasteiger partial charge in [-0.3, -0.25) is 14.3 Å². The highest BCUT2D eigenvalue weighted by Gasteiger charge is 2.45. The third-order valence-corrected chi connectivity index (χ3v) is 13.5. The van der Waals surface area contributed by atoms with Crippen molar-refractivity contribution < 1.29 is 23.3 Å². The van der Waals surface area contributed by atoms with Gasteiger partial charge in [0, 0.05) is 48.4 Å². The number of likely N-dealkylation sites (N-methyl/N-ethyl adjacent to an activating group) is 1. The molecule has 10 heteroatoms. The highest BCUT2D eigenvalue weighted by Crippen LogP contribution is 2.47. The predicted molar refractivity (Wildman–Crippen MR) is 195 cm³/mol. The molecule has 1 fully saturated rings. The van der Waals surface area contributed by atoms with Crippen LogP contribution in [0.2, 0.25) is 5.02 Å². The molecule has 4 aliphatic rings. The van der Waals surface area contributed by atoms with E-state index in [9.17, 15) is 13.8 Å². The molecule has 7 atom stereocenters. The lowest BCUT2D eigenvalue weighted by Crippen LogP contribution is -2.50. The summed E-state index contributed by atoms with van der Waals surface area (Å²) in [5.41, 5.74) is 3.61. The van der Waals surface area contributed by atoms with Gasteiger partial charge in [-0.2, -0.15) is 0 Å². The van der Waals surface area contributed by atoms with Crippen LogP contribution in [0.25, 0.3) is 0 Å². The fourth-order valence-electron chi connectivity index (χ4n) is 8.21. The van der Waals surface area contributed by atoms with Crippen LogP contribution in [0.1, 0.15) is 80.3 Å². The Hall–Kier alpha value is -3.01. The number of hydrogen-bond acceptors (Lipinski definition) is 6. The minimum absolute atomic E-state index is 0.0610. The number of nitrogens with zero attached hydrogens (tertiary/aromatic N) is 2. The van der Waals surface area contributed by atoms with E-state index in [2.05, 4.69) is 39.8 Å². The average molecular weight is 696 g/mol. The van der Waals surface area contributed by atoms with Gasteiger partial charge in [0.05, 0.1) is 28.1 Å². The van der Waals surface area contributed by atoms with Gasteiger partial charge < -0.3 is 19.3 Å². The zero-order valence-electron chi connectivity index (χ0n) is 28.7. The quantitative estimate of drug-likeness (QED) is 0.303. The number of aryl methyl sites for hydroxylation is 1.